The molecule has 0 bridgehead atoms. The van der Waals surface area contributed by atoms with Gasteiger partial charge in [-0.2, -0.15) is 5.26 Å². The lowest BCUT2D eigenvalue weighted by molar-refractivity contribution is 0.129. The van der Waals surface area contributed by atoms with Gasteiger partial charge in [0.05, 0.1) is 24.2 Å². The van der Waals surface area contributed by atoms with Gasteiger partial charge in [0, 0.05) is 0 Å². The van der Waals surface area contributed by atoms with Gasteiger partial charge in [-0.1, -0.05) is 25.5 Å². The van der Waals surface area contributed by atoms with Crippen LogP contribution >= 0.6 is 0 Å². The largest absolute Gasteiger partial charge is 0.491 e. The minimum Gasteiger partial charge on any atom is -0.491 e. The molecular weight excluding hydrogens is 226 g/mol. The summed E-state index contributed by atoms with van der Waals surface area (Å²) in [6.45, 7) is 5.95. The van der Waals surface area contributed by atoms with Gasteiger partial charge < -0.3 is 9.84 Å². The number of hydrogen-bond acceptors (Lipinski definition) is 3. The van der Waals surface area contributed by atoms with Crippen molar-refractivity contribution in [2.45, 2.75) is 45.8 Å². The number of aliphatic hydroxyl groups is 1. The second-order valence-electron chi connectivity index (χ2n) is 4.70. The van der Waals surface area contributed by atoms with Gasteiger partial charge in [0.25, 0.3) is 0 Å². The summed E-state index contributed by atoms with van der Waals surface area (Å²) < 4.78 is 5.54. The fourth-order valence-corrected chi connectivity index (χ4v) is 1.85. The van der Waals surface area contributed by atoms with Gasteiger partial charge in [-0.3, -0.25) is 0 Å². The van der Waals surface area contributed by atoms with Gasteiger partial charge >= 0.3 is 0 Å². The molecule has 0 fully saturated rings. The van der Waals surface area contributed by atoms with Gasteiger partial charge in [0.15, 0.2) is 0 Å². The van der Waals surface area contributed by atoms with E-state index in [1.54, 1.807) is 0 Å². The average Bonchev–Trinajstić information content (AvgIpc) is 2.35. The third-order valence-electron chi connectivity index (χ3n) is 2.74. The molecule has 1 aromatic carbocycles. The maximum absolute atomic E-state index is 10.1. The lowest BCUT2D eigenvalue weighted by Crippen LogP contribution is -2.11. The van der Waals surface area contributed by atoms with Crippen molar-refractivity contribution < 1.29 is 9.84 Å². The van der Waals surface area contributed by atoms with Crippen molar-refractivity contribution in [3.05, 3.63) is 29.8 Å². The molecule has 0 aromatic heterocycles. The van der Waals surface area contributed by atoms with E-state index in [1.165, 1.54) is 0 Å². The number of benzene rings is 1. The van der Waals surface area contributed by atoms with Crippen molar-refractivity contribution in [1.82, 2.24) is 0 Å². The zero-order chi connectivity index (χ0) is 13.5. The first-order valence-electron chi connectivity index (χ1n) is 6.42. The summed E-state index contributed by atoms with van der Waals surface area (Å²) in [6.07, 6.45) is 1.02. The normalized spacial score (nSPS) is 14.0. The van der Waals surface area contributed by atoms with Crippen LogP contribution in [0.15, 0.2) is 24.3 Å². The molecule has 3 heteroatoms. The highest BCUT2D eigenvalue weighted by atomic mass is 16.5. The molecule has 0 aliphatic carbocycles. The lowest BCUT2D eigenvalue weighted by Gasteiger charge is -2.17. The summed E-state index contributed by atoms with van der Waals surface area (Å²) in [5, 5.41) is 19.1. The first-order chi connectivity index (χ1) is 8.58. The molecule has 0 heterocycles. The summed E-state index contributed by atoms with van der Waals surface area (Å²) >= 11 is 0. The fourth-order valence-electron chi connectivity index (χ4n) is 1.85. The topological polar surface area (TPSA) is 53.2 Å². The van der Waals surface area contributed by atoms with Crippen LogP contribution < -0.4 is 4.74 Å². The summed E-state index contributed by atoms with van der Waals surface area (Å²) in [4.78, 5) is 0. The van der Waals surface area contributed by atoms with Crippen LogP contribution in [0.2, 0.25) is 0 Å². The Kier molecular flexibility index (Phi) is 5.67. The van der Waals surface area contributed by atoms with Gasteiger partial charge in [0.2, 0.25) is 0 Å². The molecule has 1 aromatic rings. The van der Waals surface area contributed by atoms with Crippen molar-refractivity contribution in [3.8, 4) is 11.8 Å². The fraction of sp³-hybridized carbons (Fsp3) is 0.533. The van der Waals surface area contributed by atoms with E-state index in [9.17, 15) is 5.11 Å². The number of hydrogen-bond donors (Lipinski definition) is 1. The first-order valence-corrected chi connectivity index (χ1v) is 6.42. The molecule has 2 atom stereocenters. The number of nitrogens with zero attached hydrogens (tertiary/aromatic N) is 1. The van der Waals surface area contributed by atoms with Crippen LogP contribution in [0.1, 0.15) is 45.3 Å². The Bertz CT molecular complexity index is 392. The van der Waals surface area contributed by atoms with Crippen LogP contribution in [0.3, 0.4) is 0 Å². The molecule has 0 saturated carbocycles. The SMILES string of the molecule is CCCC(C#N)C(O)c1ccc(OC(C)C)cc1. The minimum absolute atomic E-state index is 0.132. The van der Waals surface area contributed by atoms with Gasteiger partial charge in [-0.25, -0.2) is 0 Å². The molecule has 2 unspecified atom stereocenters. The molecule has 0 saturated heterocycles. The van der Waals surface area contributed by atoms with Crippen molar-refractivity contribution in [2.24, 2.45) is 5.92 Å². The van der Waals surface area contributed by atoms with Crippen LogP contribution in [0.5, 0.6) is 5.75 Å². The summed E-state index contributed by atoms with van der Waals surface area (Å²) in [7, 11) is 0. The van der Waals surface area contributed by atoms with Gasteiger partial charge in [-0.05, 0) is 38.0 Å². The molecule has 0 aliphatic heterocycles. The second-order valence-corrected chi connectivity index (χ2v) is 4.70. The monoisotopic (exact) mass is 247 g/mol. The van der Waals surface area contributed by atoms with Crippen LogP contribution in [0, 0.1) is 17.2 Å². The molecule has 18 heavy (non-hydrogen) atoms. The predicted octanol–water partition coefficient (Wildman–Crippen LogP) is 3.45. The highest BCUT2D eigenvalue weighted by molar-refractivity contribution is 5.29. The minimum atomic E-state index is -0.719. The predicted molar refractivity (Wildman–Crippen MR) is 71.2 cm³/mol. The highest BCUT2D eigenvalue weighted by Gasteiger charge is 2.19. The first kappa shape index (κ1) is 14.5. The summed E-state index contributed by atoms with van der Waals surface area (Å²) in [5.41, 5.74) is 0.770. The molecule has 0 amide bonds. The van der Waals surface area contributed by atoms with E-state index < -0.39 is 6.10 Å². The molecule has 98 valence electrons. The van der Waals surface area contributed by atoms with Crippen molar-refractivity contribution in [1.29, 1.82) is 5.26 Å². The van der Waals surface area contributed by atoms with E-state index in [-0.39, 0.29) is 12.0 Å². The zero-order valence-electron chi connectivity index (χ0n) is 11.3. The maximum atomic E-state index is 10.1. The number of rotatable bonds is 6. The third-order valence-corrected chi connectivity index (χ3v) is 2.74. The molecule has 0 spiro atoms. The van der Waals surface area contributed by atoms with Crippen molar-refractivity contribution in [2.75, 3.05) is 0 Å². The van der Waals surface area contributed by atoms with Gasteiger partial charge in [-0.15, -0.1) is 0 Å². The Hall–Kier alpha value is -1.53. The Morgan fingerprint density at radius 1 is 1.28 bits per heavy atom. The van der Waals surface area contributed by atoms with Gasteiger partial charge in [0.1, 0.15) is 5.75 Å². The van der Waals surface area contributed by atoms with Crippen molar-refractivity contribution >= 4 is 0 Å². The highest BCUT2D eigenvalue weighted by Crippen LogP contribution is 2.26. The molecule has 1 N–H and O–H groups in total. The van der Waals surface area contributed by atoms with Crippen LogP contribution in [0.25, 0.3) is 0 Å². The Morgan fingerprint density at radius 3 is 2.33 bits per heavy atom. The Balaban J connectivity index is 2.75. The third kappa shape index (κ3) is 4.05. The smallest absolute Gasteiger partial charge is 0.119 e. The molecular formula is C15H21NO2. The standard InChI is InChI=1S/C15H21NO2/c1-4-5-13(10-16)15(17)12-6-8-14(9-7-12)18-11(2)3/h6-9,11,13,15,17H,4-5H2,1-3H3. The lowest BCUT2D eigenvalue weighted by atomic mass is 9.93. The number of aliphatic hydroxyl groups excluding tert-OH is 1. The van der Waals surface area contributed by atoms with Crippen LogP contribution in [0.4, 0.5) is 0 Å². The Morgan fingerprint density at radius 2 is 1.89 bits per heavy atom. The quantitative estimate of drug-likeness (QED) is 0.837. The average molecular weight is 247 g/mol. The van der Waals surface area contributed by atoms with E-state index in [0.29, 0.717) is 6.42 Å². The zero-order valence-corrected chi connectivity index (χ0v) is 11.3. The van der Waals surface area contributed by atoms with Crippen LogP contribution in [-0.4, -0.2) is 11.2 Å². The number of ether oxygens (including phenoxy) is 1. The van der Waals surface area contributed by atoms with Crippen LogP contribution in [-0.2, 0) is 0 Å². The van der Waals surface area contributed by atoms with E-state index >= 15 is 0 Å². The number of nitriles is 1. The van der Waals surface area contributed by atoms with E-state index in [4.69, 9.17) is 10.00 Å². The maximum Gasteiger partial charge on any atom is 0.119 e. The summed E-state index contributed by atoms with van der Waals surface area (Å²) in [6, 6.07) is 9.47. The van der Waals surface area contributed by atoms with Crippen molar-refractivity contribution in [3.63, 3.8) is 0 Å². The molecule has 0 radical (unpaired) electrons. The van der Waals surface area contributed by atoms with E-state index in [1.807, 2.05) is 45.0 Å². The Labute approximate surface area is 109 Å². The summed E-state index contributed by atoms with van der Waals surface area (Å²) in [5.74, 6) is 0.441. The molecule has 1 rings (SSSR count). The molecule has 0 aliphatic rings. The second kappa shape index (κ2) is 7.03. The molecule has 3 nitrogen and oxygen atoms in total. The van der Waals surface area contributed by atoms with E-state index in [0.717, 1.165) is 17.7 Å². The van der Waals surface area contributed by atoms with E-state index in [2.05, 4.69) is 6.07 Å².